The number of fused-ring (bicyclic) bond motifs is 1. The summed E-state index contributed by atoms with van der Waals surface area (Å²) in [5.41, 5.74) is 1.41. The maximum absolute atomic E-state index is 13.3. The van der Waals surface area contributed by atoms with Gasteiger partial charge in [-0.05, 0) is 48.5 Å². The fourth-order valence-corrected chi connectivity index (χ4v) is 4.37. The highest BCUT2D eigenvalue weighted by atomic mass is 35.5. The number of carbonyl (C=O) groups is 1. The summed E-state index contributed by atoms with van der Waals surface area (Å²) in [6.45, 7) is 0. The van der Waals surface area contributed by atoms with E-state index in [0.29, 0.717) is 43.8 Å². The Labute approximate surface area is 193 Å². The number of para-hydroxylation sites is 1. The van der Waals surface area contributed by atoms with E-state index in [-0.39, 0.29) is 17.1 Å². The number of Topliss-reactive ketones (excluding diaryl/α,β-unsaturated/α-hetero) is 1. The van der Waals surface area contributed by atoms with E-state index in [0.717, 1.165) is 0 Å². The summed E-state index contributed by atoms with van der Waals surface area (Å²) in [6, 6.07) is 19.1. The molecule has 4 rings (SSSR count). The second kappa shape index (κ2) is 9.46. The van der Waals surface area contributed by atoms with Gasteiger partial charge in [-0.1, -0.05) is 41.6 Å². The Morgan fingerprint density at radius 2 is 1.78 bits per heavy atom. The first-order valence-electron chi connectivity index (χ1n) is 9.67. The minimum Gasteiger partial charge on any atom is -0.493 e. The Morgan fingerprint density at radius 3 is 2.53 bits per heavy atom. The van der Waals surface area contributed by atoms with E-state index in [2.05, 4.69) is 4.98 Å². The van der Waals surface area contributed by atoms with E-state index in [1.807, 2.05) is 6.07 Å². The molecule has 32 heavy (non-hydrogen) atoms. The van der Waals surface area contributed by atoms with Gasteiger partial charge in [0.05, 0.1) is 36.6 Å². The number of aromatic nitrogens is 2. The quantitative estimate of drug-likeness (QED) is 0.216. The van der Waals surface area contributed by atoms with E-state index in [1.165, 1.54) is 30.5 Å². The minimum atomic E-state index is -0.223. The molecule has 4 aromatic rings. The van der Waals surface area contributed by atoms with Crippen molar-refractivity contribution in [2.75, 3.05) is 20.0 Å². The van der Waals surface area contributed by atoms with Crippen LogP contribution in [0.4, 0.5) is 0 Å². The van der Waals surface area contributed by atoms with E-state index in [9.17, 15) is 9.59 Å². The molecule has 0 aliphatic carbocycles. The lowest BCUT2D eigenvalue weighted by molar-refractivity contribution is 0.102. The first-order chi connectivity index (χ1) is 15.5. The number of benzene rings is 3. The lowest BCUT2D eigenvalue weighted by atomic mass is 10.1. The van der Waals surface area contributed by atoms with Gasteiger partial charge in [0.2, 0.25) is 0 Å². The molecule has 8 heteroatoms. The topological polar surface area (TPSA) is 70.4 Å². The van der Waals surface area contributed by atoms with Crippen LogP contribution in [0.2, 0.25) is 5.02 Å². The van der Waals surface area contributed by atoms with Crippen molar-refractivity contribution in [3.8, 4) is 17.2 Å². The minimum absolute atomic E-state index is 0.0842. The third-order valence-electron chi connectivity index (χ3n) is 4.85. The number of ether oxygens (including phenoxy) is 2. The Kier molecular flexibility index (Phi) is 6.48. The molecule has 0 fully saturated rings. The highest BCUT2D eigenvalue weighted by Crippen LogP contribution is 2.29. The monoisotopic (exact) mass is 466 g/mol. The van der Waals surface area contributed by atoms with Crippen LogP contribution >= 0.6 is 23.4 Å². The molecule has 0 radical (unpaired) electrons. The standard InChI is InChI=1S/C24H19ClN2O4S/c1-30-21-11-10-15(12-22(21)31-2)20(28)14-32-24-26-19-9-4-3-8-18(19)23(29)27(24)17-7-5-6-16(25)13-17/h3-13H,14H2,1-2H3. The van der Waals surface area contributed by atoms with Crippen LogP contribution in [0.25, 0.3) is 16.6 Å². The normalized spacial score (nSPS) is 10.8. The summed E-state index contributed by atoms with van der Waals surface area (Å²) in [6.07, 6.45) is 0. The number of methoxy groups -OCH3 is 2. The molecule has 0 saturated carbocycles. The molecular formula is C24H19ClN2O4S. The van der Waals surface area contributed by atoms with Gasteiger partial charge >= 0.3 is 0 Å². The second-order valence-electron chi connectivity index (χ2n) is 6.81. The van der Waals surface area contributed by atoms with Crippen molar-refractivity contribution in [1.82, 2.24) is 9.55 Å². The van der Waals surface area contributed by atoms with Crippen LogP contribution in [-0.2, 0) is 0 Å². The van der Waals surface area contributed by atoms with Crippen molar-refractivity contribution < 1.29 is 14.3 Å². The zero-order valence-electron chi connectivity index (χ0n) is 17.4. The second-order valence-corrected chi connectivity index (χ2v) is 8.19. The first kappa shape index (κ1) is 21.9. The van der Waals surface area contributed by atoms with Gasteiger partial charge in [-0.3, -0.25) is 14.2 Å². The number of halogens is 1. The van der Waals surface area contributed by atoms with Gasteiger partial charge in [0.15, 0.2) is 22.4 Å². The Balaban J connectivity index is 1.72. The SMILES string of the molecule is COc1ccc(C(=O)CSc2nc3ccccc3c(=O)n2-c2cccc(Cl)c2)cc1OC. The number of carbonyl (C=O) groups excluding carboxylic acids is 1. The summed E-state index contributed by atoms with van der Waals surface area (Å²) in [7, 11) is 3.05. The number of hydrogen-bond donors (Lipinski definition) is 0. The van der Waals surface area contributed by atoms with Gasteiger partial charge in [-0.25, -0.2) is 4.98 Å². The molecule has 0 saturated heterocycles. The van der Waals surface area contributed by atoms with Crippen molar-refractivity contribution in [1.29, 1.82) is 0 Å². The van der Waals surface area contributed by atoms with Gasteiger partial charge in [0.1, 0.15) is 0 Å². The lowest BCUT2D eigenvalue weighted by Gasteiger charge is -2.13. The van der Waals surface area contributed by atoms with Gasteiger partial charge in [-0.2, -0.15) is 0 Å². The Bertz CT molecular complexity index is 1370. The van der Waals surface area contributed by atoms with Crippen molar-refractivity contribution in [3.63, 3.8) is 0 Å². The van der Waals surface area contributed by atoms with Crippen molar-refractivity contribution in [3.05, 3.63) is 87.7 Å². The van der Waals surface area contributed by atoms with E-state index in [1.54, 1.807) is 60.7 Å². The molecule has 0 aliphatic rings. The van der Waals surface area contributed by atoms with Gasteiger partial charge in [0.25, 0.3) is 5.56 Å². The van der Waals surface area contributed by atoms with Gasteiger partial charge in [-0.15, -0.1) is 0 Å². The summed E-state index contributed by atoms with van der Waals surface area (Å²) in [5.74, 6) is 0.975. The highest BCUT2D eigenvalue weighted by molar-refractivity contribution is 7.99. The molecule has 1 aromatic heterocycles. The lowest BCUT2D eigenvalue weighted by Crippen LogP contribution is -2.22. The molecule has 6 nitrogen and oxygen atoms in total. The fraction of sp³-hybridized carbons (Fsp3) is 0.125. The maximum atomic E-state index is 13.3. The Morgan fingerprint density at radius 1 is 1.00 bits per heavy atom. The smallest absolute Gasteiger partial charge is 0.266 e. The van der Waals surface area contributed by atoms with Crippen LogP contribution in [0, 0.1) is 0 Å². The average molecular weight is 467 g/mol. The van der Waals surface area contributed by atoms with E-state index in [4.69, 9.17) is 21.1 Å². The van der Waals surface area contributed by atoms with E-state index >= 15 is 0 Å². The molecule has 0 N–H and O–H groups in total. The van der Waals surface area contributed by atoms with Crippen molar-refractivity contribution in [2.24, 2.45) is 0 Å². The molecular weight excluding hydrogens is 448 g/mol. The summed E-state index contributed by atoms with van der Waals surface area (Å²) < 4.78 is 12.0. The zero-order chi connectivity index (χ0) is 22.7. The third kappa shape index (κ3) is 4.35. The molecule has 0 unspecified atom stereocenters. The Hall–Kier alpha value is -3.29. The van der Waals surface area contributed by atoms with Crippen LogP contribution in [0.3, 0.4) is 0 Å². The van der Waals surface area contributed by atoms with Crippen molar-refractivity contribution in [2.45, 2.75) is 5.16 Å². The van der Waals surface area contributed by atoms with Crippen LogP contribution in [0.1, 0.15) is 10.4 Å². The number of thioether (sulfide) groups is 1. The summed E-state index contributed by atoms with van der Waals surface area (Å²) in [4.78, 5) is 30.8. The van der Waals surface area contributed by atoms with Crippen LogP contribution < -0.4 is 15.0 Å². The molecule has 162 valence electrons. The molecule has 0 atom stereocenters. The predicted molar refractivity (Wildman–Crippen MR) is 127 cm³/mol. The third-order valence-corrected chi connectivity index (χ3v) is 6.02. The molecule has 0 spiro atoms. The fourth-order valence-electron chi connectivity index (χ4n) is 3.28. The maximum Gasteiger partial charge on any atom is 0.266 e. The van der Waals surface area contributed by atoms with Gasteiger partial charge in [0, 0.05) is 10.6 Å². The predicted octanol–water partition coefficient (Wildman–Crippen LogP) is 5.03. The summed E-state index contributed by atoms with van der Waals surface area (Å²) in [5, 5.41) is 1.40. The number of rotatable bonds is 7. The van der Waals surface area contributed by atoms with Crippen LogP contribution in [0.15, 0.2) is 76.7 Å². The number of nitrogens with zero attached hydrogens (tertiary/aromatic N) is 2. The molecule has 3 aromatic carbocycles. The van der Waals surface area contributed by atoms with Gasteiger partial charge < -0.3 is 9.47 Å². The molecule has 0 aliphatic heterocycles. The molecule has 1 heterocycles. The largest absolute Gasteiger partial charge is 0.493 e. The highest BCUT2D eigenvalue weighted by Gasteiger charge is 2.17. The number of hydrogen-bond acceptors (Lipinski definition) is 6. The van der Waals surface area contributed by atoms with Crippen molar-refractivity contribution >= 4 is 40.0 Å². The number of ketones is 1. The zero-order valence-corrected chi connectivity index (χ0v) is 18.9. The first-order valence-corrected chi connectivity index (χ1v) is 11.0. The van der Waals surface area contributed by atoms with E-state index < -0.39 is 0 Å². The van der Waals surface area contributed by atoms with Crippen LogP contribution in [-0.4, -0.2) is 35.3 Å². The molecule has 0 bridgehead atoms. The molecule has 0 amide bonds. The van der Waals surface area contributed by atoms with Crippen LogP contribution in [0.5, 0.6) is 11.5 Å². The average Bonchev–Trinajstić information content (AvgIpc) is 2.82. The summed E-state index contributed by atoms with van der Waals surface area (Å²) >= 11 is 7.35.